The van der Waals surface area contributed by atoms with Crippen molar-refractivity contribution in [2.24, 2.45) is 7.05 Å². The third-order valence-electron chi connectivity index (χ3n) is 2.33. The third-order valence-corrected chi connectivity index (χ3v) is 2.33. The highest BCUT2D eigenvalue weighted by molar-refractivity contribution is 5.95. The fraction of sp³-hybridized carbons (Fsp3) is 0.200. The van der Waals surface area contributed by atoms with Gasteiger partial charge in [-0.2, -0.15) is 10.2 Å². The number of aryl methyl sites for hydroxylation is 1. The highest BCUT2D eigenvalue weighted by Crippen LogP contribution is 2.12. The van der Waals surface area contributed by atoms with Gasteiger partial charge in [0, 0.05) is 25.0 Å². The molecule has 8 nitrogen and oxygen atoms in total. The molecule has 0 aromatic carbocycles. The minimum Gasteiger partial charge on any atom is -0.479 e. The van der Waals surface area contributed by atoms with Crippen LogP contribution in [0.25, 0.3) is 0 Å². The van der Waals surface area contributed by atoms with Crippen LogP contribution in [0.5, 0.6) is 0 Å². The monoisotopic (exact) mass is 249 g/mol. The van der Waals surface area contributed by atoms with Crippen molar-refractivity contribution < 1.29 is 14.7 Å². The SMILES string of the molecule is Cn1cc(C(NC(=O)c2ccn[nH]2)C(=O)O)cn1. The first-order valence-electron chi connectivity index (χ1n) is 5.09. The van der Waals surface area contributed by atoms with Crippen LogP contribution in [-0.4, -0.2) is 37.0 Å². The van der Waals surface area contributed by atoms with Crippen molar-refractivity contribution in [1.29, 1.82) is 0 Å². The predicted octanol–water partition coefficient (Wildman–Crippen LogP) is -0.301. The molecule has 1 unspecified atom stereocenters. The van der Waals surface area contributed by atoms with E-state index in [-0.39, 0.29) is 5.69 Å². The smallest absolute Gasteiger partial charge is 0.331 e. The Morgan fingerprint density at radius 2 is 2.33 bits per heavy atom. The molecule has 0 aliphatic carbocycles. The number of hydrogen-bond acceptors (Lipinski definition) is 4. The minimum atomic E-state index is -1.16. The van der Waals surface area contributed by atoms with Gasteiger partial charge in [0.2, 0.25) is 0 Å². The molecular weight excluding hydrogens is 238 g/mol. The zero-order valence-corrected chi connectivity index (χ0v) is 9.49. The van der Waals surface area contributed by atoms with Crippen LogP contribution in [0.3, 0.4) is 0 Å². The summed E-state index contributed by atoms with van der Waals surface area (Å²) < 4.78 is 1.47. The molecule has 2 aromatic heterocycles. The maximum Gasteiger partial charge on any atom is 0.331 e. The van der Waals surface area contributed by atoms with Crippen molar-refractivity contribution in [2.45, 2.75) is 6.04 Å². The van der Waals surface area contributed by atoms with Crippen LogP contribution in [0.2, 0.25) is 0 Å². The van der Waals surface area contributed by atoms with Crippen LogP contribution in [0.1, 0.15) is 22.1 Å². The maximum absolute atomic E-state index is 11.7. The van der Waals surface area contributed by atoms with E-state index in [2.05, 4.69) is 20.6 Å². The van der Waals surface area contributed by atoms with Crippen LogP contribution in [0.4, 0.5) is 0 Å². The number of nitrogens with one attached hydrogen (secondary N) is 2. The number of amides is 1. The molecular formula is C10H11N5O3. The number of nitrogens with zero attached hydrogens (tertiary/aromatic N) is 3. The van der Waals surface area contributed by atoms with Crippen LogP contribution in [0, 0.1) is 0 Å². The van der Waals surface area contributed by atoms with Crippen LogP contribution >= 0.6 is 0 Å². The van der Waals surface area contributed by atoms with Crippen molar-refractivity contribution in [2.75, 3.05) is 0 Å². The Balaban J connectivity index is 2.17. The van der Waals surface area contributed by atoms with E-state index in [0.29, 0.717) is 5.56 Å². The molecule has 0 bridgehead atoms. The van der Waals surface area contributed by atoms with Crippen molar-refractivity contribution >= 4 is 11.9 Å². The summed E-state index contributed by atoms with van der Waals surface area (Å²) in [4.78, 5) is 22.9. The number of rotatable bonds is 4. The van der Waals surface area contributed by atoms with Crippen molar-refractivity contribution in [3.05, 3.63) is 35.9 Å². The quantitative estimate of drug-likeness (QED) is 0.688. The van der Waals surface area contributed by atoms with Gasteiger partial charge < -0.3 is 10.4 Å². The van der Waals surface area contributed by atoms with E-state index < -0.39 is 17.9 Å². The number of carbonyl (C=O) groups excluding carboxylic acids is 1. The van der Waals surface area contributed by atoms with Crippen molar-refractivity contribution in [3.63, 3.8) is 0 Å². The largest absolute Gasteiger partial charge is 0.479 e. The number of H-pyrrole nitrogens is 1. The second kappa shape index (κ2) is 4.70. The van der Waals surface area contributed by atoms with Crippen LogP contribution < -0.4 is 5.32 Å². The zero-order chi connectivity index (χ0) is 13.1. The molecule has 0 aliphatic rings. The normalized spacial score (nSPS) is 12.1. The van der Waals surface area contributed by atoms with Gasteiger partial charge in [-0.3, -0.25) is 14.6 Å². The molecule has 0 saturated heterocycles. The number of carboxylic acids is 1. The first-order chi connectivity index (χ1) is 8.58. The Kier molecular flexibility index (Phi) is 3.09. The second-order valence-electron chi connectivity index (χ2n) is 3.66. The summed E-state index contributed by atoms with van der Waals surface area (Å²) in [6, 6.07) is 0.312. The molecule has 94 valence electrons. The van der Waals surface area contributed by atoms with E-state index in [1.807, 2.05) is 0 Å². The fourth-order valence-electron chi connectivity index (χ4n) is 1.47. The van der Waals surface area contributed by atoms with Gasteiger partial charge in [-0.05, 0) is 6.07 Å². The second-order valence-corrected chi connectivity index (χ2v) is 3.66. The topological polar surface area (TPSA) is 113 Å². The van der Waals surface area contributed by atoms with E-state index in [0.717, 1.165) is 0 Å². The van der Waals surface area contributed by atoms with Crippen LogP contribution in [0.15, 0.2) is 24.7 Å². The minimum absolute atomic E-state index is 0.199. The highest BCUT2D eigenvalue weighted by atomic mass is 16.4. The number of carboxylic acid groups (broad SMARTS) is 1. The average Bonchev–Trinajstić information content (AvgIpc) is 2.95. The van der Waals surface area contributed by atoms with Gasteiger partial charge in [-0.15, -0.1) is 0 Å². The lowest BCUT2D eigenvalue weighted by atomic mass is 10.1. The number of carbonyl (C=O) groups is 2. The molecule has 18 heavy (non-hydrogen) atoms. The van der Waals surface area contributed by atoms with Gasteiger partial charge in [0.15, 0.2) is 6.04 Å². The first kappa shape index (κ1) is 11.8. The highest BCUT2D eigenvalue weighted by Gasteiger charge is 2.24. The molecule has 8 heteroatoms. The number of aliphatic carboxylic acids is 1. The first-order valence-corrected chi connectivity index (χ1v) is 5.09. The Hall–Kier alpha value is -2.64. The molecule has 0 fully saturated rings. The zero-order valence-electron chi connectivity index (χ0n) is 9.49. The molecule has 1 atom stereocenters. The van der Waals surface area contributed by atoms with Gasteiger partial charge in [0.25, 0.3) is 5.91 Å². The average molecular weight is 249 g/mol. The van der Waals surface area contributed by atoms with Crippen LogP contribution in [-0.2, 0) is 11.8 Å². The fourth-order valence-corrected chi connectivity index (χ4v) is 1.47. The third kappa shape index (κ3) is 2.37. The Bertz CT molecular complexity index is 560. The summed E-state index contributed by atoms with van der Waals surface area (Å²) >= 11 is 0. The summed E-state index contributed by atoms with van der Waals surface area (Å²) in [6.07, 6.45) is 4.34. The summed E-state index contributed by atoms with van der Waals surface area (Å²) in [5.74, 6) is -1.69. The molecule has 2 heterocycles. The predicted molar refractivity (Wildman–Crippen MR) is 59.6 cm³/mol. The van der Waals surface area contributed by atoms with Crippen molar-refractivity contribution in [1.82, 2.24) is 25.3 Å². The van der Waals surface area contributed by atoms with Gasteiger partial charge in [-0.1, -0.05) is 0 Å². The van der Waals surface area contributed by atoms with Gasteiger partial charge in [-0.25, -0.2) is 4.79 Å². The maximum atomic E-state index is 11.7. The van der Waals surface area contributed by atoms with E-state index in [1.54, 1.807) is 7.05 Å². The van der Waals surface area contributed by atoms with E-state index >= 15 is 0 Å². The van der Waals surface area contributed by atoms with E-state index in [9.17, 15) is 9.59 Å². The molecule has 1 amide bonds. The lowest BCUT2D eigenvalue weighted by molar-refractivity contribution is -0.139. The molecule has 2 rings (SSSR count). The summed E-state index contributed by atoms with van der Waals surface area (Å²) in [5.41, 5.74) is 0.600. The molecule has 0 aliphatic heterocycles. The Morgan fingerprint density at radius 3 is 2.83 bits per heavy atom. The summed E-state index contributed by atoms with van der Waals surface area (Å²) in [5, 5.41) is 21.4. The lowest BCUT2D eigenvalue weighted by Crippen LogP contribution is -2.33. The molecule has 0 spiro atoms. The number of hydrogen-bond donors (Lipinski definition) is 3. The van der Waals surface area contributed by atoms with Gasteiger partial charge >= 0.3 is 5.97 Å². The number of aromatic nitrogens is 4. The van der Waals surface area contributed by atoms with Gasteiger partial charge in [0.1, 0.15) is 5.69 Å². The van der Waals surface area contributed by atoms with Gasteiger partial charge in [0.05, 0.1) is 6.20 Å². The standard InChI is InChI=1S/C10H11N5O3/c1-15-5-6(4-12-15)8(10(17)18)13-9(16)7-2-3-11-14-7/h2-5,8H,1H3,(H,11,14)(H,13,16)(H,17,18). The Morgan fingerprint density at radius 1 is 1.56 bits per heavy atom. The molecule has 2 aromatic rings. The molecule has 0 saturated carbocycles. The van der Waals surface area contributed by atoms with Crippen molar-refractivity contribution in [3.8, 4) is 0 Å². The van der Waals surface area contributed by atoms with E-state index in [1.165, 1.54) is 29.3 Å². The van der Waals surface area contributed by atoms with E-state index in [4.69, 9.17) is 5.11 Å². The number of aromatic amines is 1. The molecule has 3 N–H and O–H groups in total. The lowest BCUT2D eigenvalue weighted by Gasteiger charge is -2.11. The summed E-state index contributed by atoms with van der Waals surface area (Å²) in [7, 11) is 1.67. The molecule has 0 radical (unpaired) electrons. The summed E-state index contributed by atoms with van der Waals surface area (Å²) in [6.45, 7) is 0. The Labute approximate surface area is 102 Å².